The average molecular weight is 279 g/mol. The van der Waals surface area contributed by atoms with Gasteiger partial charge in [-0.2, -0.15) is 0 Å². The molecule has 2 unspecified atom stereocenters. The van der Waals surface area contributed by atoms with Crippen LogP contribution >= 0.6 is 0 Å². The van der Waals surface area contributed by atoms with Crippen LogP contribution in [-0.4, -0.2) is 28.1 Å². The van der Waals surface area contributed by atoms with E-state index in [4.69, 9.17) is 0 Å². The topological polar surface area (TPSA) is 40.5 Å². The van der Waals surface area contributed by atoms with Gasteiger partial charge in [0, 0.05) is 6.04 Å². The molecule has 0 aromatic heterocycles. The second kappa shape index (κ2) is 5.92. The van der Waals surface area contributed by atoms with Gasteiger partial charge in [-0.15, -0.1) is 0 Å². The summed E-state index contributed by atoms with van der Waals surface area (Å²) in [5.41, 5.74) is 0.00694. The number of hydrogen-bond acceptors (Lipinski definition) is 2. The van der Waals surface area contributed by atoms with Crippen LogP contribution in [0.3, 0.4) is 0 Å². The van der Waals surface area contributed by atoms with E-state index < -0.39 is 11.5 Å². The molecule has 20 heavy (non-hydrogen) atoms. The molecule has 1 aliphatic rings. The Bertz CT molecular complexity index is 491. The van der Waals surface area contributed by atoms with Crippen LogP contribution in [0.15, 0.2) is 24.3 Å². The molecule has 1 aliphatic heterocycles. The Morgan fingerprint density at radius 2 is 2.25 bits per heavy atom. The second-order valence-electron chi connectivity index (χ2n) is 5.71. The van der Waals surface area contributed by atoms with Crippen molar-refractivity contribution in [2.45, 2.75) is 51.1 Å². The largest absolute Gasteiger partial charge is 0.480 e. The highest BCUT2D eigenvalue weighted by Gasteiger charge is 2.44. The summed E-state index contributed by atoms with van der Waals surface area (Å²) in [7, 11) is 0. The summed E-state index contributed by atoms with van der Waals surface area (Å²) in [5, 5.41) is 9.60. The fourth-order valence-electron chi connectivity index (χ4n) is 3.22. The van der Waals surface area contributed by atoms with Crippen molar-refractivity contribution in [3.63, 3.8) is 0 Å². The van der Waals surface area contributed by atoms with E-state index in [1.807, 2.05) is 17.9 Å². The van der Waals surface area contributed by atoms with Gasteiger partial charge in [-0.1, -0.05) is 19.1 Å². The predicted octanol–water partition coefficient (Wildman–Crippen LogP) is 3.61. The third-order valence-corrected chi connectivity index (χ3v) is 4.40. The molecule has 1 aromatic rings. The normalized spacial score (nSPS) is 25.4. The monoisotopic (exact) mass is 279 g/mol. The first-order valence-corrected chi connectivity index (χ1v) is 7.24. The van der Waals surface area contributed by atoms with Crippen LogP contribution < -0.4 is 0 Å². The Labute approximate surface area is 119 Å². The third-order valence-electron chi connectivity index (χ3n) is 4.40. The minimum atomic E-state index is -0.856. The lowest BCUT2D eigenvalue weighted by Crippen LogP contribution is -2.56. The van der Waals surface area contributed by atoms with Crippen LogP contribution in [0.2, 0.25) is 0 Å². The molecule has 0 saturated carbocycles. The van der Waals surface area contributed by atoms with E-state index in [0.717, 1.165) is 31.4 Å². The summed E-state index contributed by atoms with van der Waals surface area (Å²) in [4.78, 5) is 13.7. The lowest BCUT2D eigenvalue weighted by Gasteiger charge is -2.46. The first kappa shape index (κ1) is 15.0. The lowest BCUT2D eigenvalue weighted by molar-refractivity contribution is -0.155. The summed E-state index contributed by atoms with van der Waals surface area (Å²) in [6, 6.07) is 6.46. The molecule has 0 spiro atoms. The number of nitrogens with zero attached hydrogens (tertiary/aromatic N) is 1. The van der Waals surface area contributed by atoms with Crippen LogP contribution in [0.25, 0.3) is 0 Å². The zero-order chi connectivity index (χ0) is 14.8. The van der Waals surface area contributed by atoms with Crippen LogP contribution in [0.5, 0.6) is 0 Å². The van der Waals surface area contributed by atoms with Gasteiger partial charge >= 0.3 is 5.97 Å². The number of piperidine rings is 1. The van der Waals surface area contributed by atoms with E-state index >= 15 is 0 Å². The maximum absolute atomic E-state index is 13.4. The van der Waals surface area contributed by atoms with Gasteiger partial charge in [0.2, 0.25) is 0 Å². The Balaban J connectivity index is 2.36. The van der Waals surface area contributed by atoms with Crippen LogP contribution in [0.4, 0.5) is 4.39 Å². The predicted molar refractivity (Wildman–Crippen MR) is 76.0 cm³/mol. The molecule has 1 fully saturated rings. The number of carbonyl (C=O) groups is 1. The summed E-state index contributed by atoms with van der Waals surface area (Å²) in [5.74, 6) is -1.05. The molecule has 4 heteroatoms. The molecule has 3 nitrogen and oxygen atoms in total. The third kappa shape index (κ3) is 2.70. The van der Waals surface area contributed by atoms with E-state index in [-0.39, 0.29) is 11.9 Å². The van der Waals surface area contributed by atoms with Crippen molar-refractivity contribution >= 4 is 5.97 Å². The Morgan fingerprint density at radius 1 is 1.50 bits per heavy atom. The zero-order valence-electron chi connectivity index (χ0n) is 12.1. The summed E-state index contributed by atoms with van der Waals surface area (Å²) < 4.78 is 13.4. The Morgan fingerprint density at radius 3 is 2.85 bits per heavy atom. The molecular weight excluding hydrogens is 257 g/mol. The molecule has 0 radical (unpaired) electrons. The van der Waals surface area contributed by atoms with Gasteiger partial charge in [0.25, 0.3) is 0 Å². The van der Waals surface area contributed by atoms with E-state index in [1.165, 1.54) is 12.1 Å². The molecule has 2 rings (SSSR count). The summed E-state index contributed by atoms with van der Waals surface area (Å²) >= 11 is 0. The summed E-state index contributed by atoms with van der Waals surface area (Å²) in [6.07, 6.45) is 3.34. The Kier molecular flexibility index (Phi) is 4.43. The van der Waals surface area contributed by atoms with Gasteiger partial charge < -0.3 is 5.11 Å². The molecule has 1 saturated heterocycles. The number of halogens is 1. The molecule has 110 valence electrons. The fourth-order valence-corrected chi connectivity index (χ4v) is 3.22. The van der Waals surface area contributed by atoms with Crippen molar-refractivity contribution in [3.8, 4) is 0 Å². The average Bonchev–Trinajstić information content (AvgIpc) is 2.42. The number of hydrogen-bond donors (Lipinski definition) is 1. The van der Waals surface area contributed by atoms with E-state index in [9.17, 15) is 14.3 Å². The molecule has 0 aliphatic carbocycles. The number of carboxylic acids is 1. The minimum absolute atomic E-state index is 0.0490. The zero-order valence-corrected chi connectivity index (χ0v) is 12.1. The maximum Gasteiger partial charge on any atom is 0.323 e. The molecular formula is C16H22FNO2. The standard InChI is InChI=1S/C16H22FNO2/c1-3-14(12-7-6-8-13(17)11-12)18-10-5-4-9-16(18,2)15(19)20/h6-8,11,14H,3-5,9-10H2,1-2H3,(H,19,20). The van der Waals surface area contributed by atoms with Crippen molar-refractivity contribution in [3.05, 3.63) is 35.6 Å². The highest BCUT2D eigenvalue weighted by molar-refractivity contribution is 5.78. The van der Waals surface area contributed by atoms with Crippen molar-refractivity contribution < 1.29 is 14.3 Å². The van der Waals surface area contributed by atoms with Gasteiger partial charge in [0.15, 0.2) is 0 Å². The van der Waals surface area contributed by atoms with Crippen molar-refractivity contribution in [1.29, 1.82) is 0 Å². The van der Waals surface area contributed by atoms with E-state index in [1.54, 1.807) is 13.0 Å². The van der Waals surface area contributed by atoms with Gasteiger partial charge in [0.1, 0.15) is 11.4 Å². The van der Waals surface area contributed by atoms with Gasteiger partial charge in [-0.05, 0) is 56.8 Å². The van der Waals surface area contributed by atoms with Crippen LogP contribution in [0, 0.1) is 5.82 Å². The molecule has 2 atom stereocenters. The van der Waals surface area contributed by atoms with Crippen molar-refractivity contribution in [2.24, 2.45) is 0 Å². The van der Waals surface area contributed by atoms with Gasteiger partial charge in [0.05, 0.1) is 0 Å². The second-order valence-corrected chi connectivity index (χ2v) is 5.71. The first-order chi connectivity index (χ1) is 9.49. The van der Waals surface area contributed by atoms with Gasteiger partial charge in [-0.25, -0.2) is 4.39 Å². The van der Waals surface area contributed by atoms with Gasteiger partial charge in [-0.3, -0.25) is 9.69 Å². The minimum Gasteiger partial charge on any atom is -0.480 e. The van der Waals surface area contributed by atoms with E-state index in [0.29, 0.717) is 6.42 Å². The fraction of sp³-hybridized carbons (Fsp3) is 0.562. The number of rotatable bonds is 4. The quantitative estimate of drug-likeness (QED) is 0.915. The highest BCUT2D eigenvalue weighted by Crippen LogP contribution is 2.37. The highest BCUT2D eigenvalue weighted by atomic mass is 19.1. The molecule has 1 N–H and O–H groups in total. The number of carboxylic acid groups (broad SMARTS) is 1. The van der Waals surface area contributed by atoms with Crippen LogP contribution in [-0.2, 0) is 4.79 Å². The number of aliphatic carboxylic acids is 1. The molecule has 1 aromatic carbocycles. The number of benzene rings is 1. The SMILES string of the molecule is CCC(c1cccc(F)c1)N1CCCCC1(C)C(=O)O. The van der Waals surface area contributed by atoms with Crippen LogP contribution in [0.1, 0.15) is 51.1 Å². The molecule has 0 bridgehead atoms. The van der Waals surface area contributed by atoms with Crippen molar-refractivity contribution in [1.82, 2.24) is 4.90 Å². The molecule has 1 heterocycles. The first-order valence-electron chi connectivity index (χ1n) is 7.24. The number of likely N-dealkylation sites (tertiary alicyclic amines) is 1. The lowest BCUT2D eigenvalue weighted by atomic mass is 9.85. The summed E-state index contributed by atoms with van der Waals surface area (Å²) in [6.45, 7) is 4.56. The van der Waals surface area contributed by atoms with E-state index in [2.05, 4.69) is 0 Å². The smallest absolute Gasteiger partial charge is 0.323 e. The molecule has 0 amide bonds. The van der Waals surface area contributed by atoms with Crippen molar-refractivity contribution in [2.75, 3.05) is 6.54 Å². The Hall–Kier alpha value is -1.42. The maximum atomic E-state index is 13.4.